The third kappa shape index (κ3) is 3.38. The molecule has 0 bridgehead atoms. The van der Waals surface area contributed by atoms with E-state index >= 15 is 0 Å². The first kappa shape index (κ1) is 11.2. The van der Waals surface area contributed by atoms with Crippen LogP contribution < -0.4 is 0 Å². The molecule has 0 aliphatic rings. The Morgan fingerprint density at radius 2 is 1.88 bits per heavy atom. The molecule has 0 radical (unpaired) electrons. The first-order chi connectivity index (χ1) is 7.84. The van der Waals surface area contributed by atoms with Gasteiger partial charge in [-0.3, -0.25) is 4.98 Å². The predicted octanol–water partition coefficient (Wildman–Crippen LogP) is 3.72. The van der Waals surface area contributed by atoms with E-state index in [1.165, 1.54) is 10.5 Å². The Kier molecular flexibility index (Phi) is 4.00. The lowest BCUT2D eigenvalue weighted by molar-refractivity contribution is 1.09. The van der Waals surface area contributed by atoms with E-state index < -0.39 is 0 Å². The van der Waals surface area contributed by atoms with Crippen molar-refractivity contribution in [3.63, 3.8) is 0 Å². The maximum absolute atomic E-state index is 4.30. The molecule has 0 saturated carbocycles. The summed E-state index contributed by atoms with van der Waals surface area (Å²) in [6.07, 6.45) is 3.05. The van der Waals surface area contributed by atoms with Crippen molar-refractivity contribution in [1.29, 1.82) is 0 Å². The van der Waals surface area contributed by atoms with Crippen LogP contribution in [0.5, 0.6) is 0 Å². The van der Waals surface area contributed by atoms with Gasteiger partial charge >= 0.3 is 0 Å². The van der Waals surface area contributed by atoms with Crippen LogP contribution in [0.1, 0.15) is 11.3 Å². The van der Waals surface area contributed by atoms with Crippen molar-refractivity contribution < 1.29 is 0 Å². The van der Waals surface area contributed by atoms with Crippen molar-refractivity contribution in [3.8, 4) is 0 Å². The van der Waals surface area contributed by atoms with Crippen LogP contribution in [0.15, 0.2) is 53.6 Å². The quantitative estimate of drug-likeness (QED) is 0.741. The highest BCUT2D eigenvalue weighted by atomic mass is 32.2. The lowest BCUT2D eigenvalue weighted by Gasteiger charge is -2.02. The van der Waals surface area contributed by atoms with E-state index in [4.69, 9.17) is 0 Å². The summed E-state index contributed by atoms with van der Waals surface area (Å²) in [5, 5.41) is 0. The third-order valence-electron chi connectivity index (χ3n) is 2.38. The number of aromatic nitrogens is 1. The van der Waals surface area contributed by atoms with Gasteiger partial charge in [-0.1, -0.05) is 24.3 Å². The zero-order valence-electron chi connectivity index (χ0n) is 9.39. The monoisotopic (exact) mass is 229 g/mol. The van der Waals surface area contributed by atoms with Crippen molar-refractivity contribution in [2.24, 2.45) is 0 Å². The van der Waals surface area contributed by atoms with Crippen LogP contribution in [0, 0.1) is 6.92 Å². The van der Waals surface area contributed by atoms with Crippen LogP contribution in [0.4, 0.5) is 0 Å². The van der Waals surface area contributed by atoms with Gasteiger partial charge in [0.1, 0.15) is 0 Å². The summed E-state index contributed by atoms with van der Waals surface area (Å²) >= 11 is 1.89. The third-order valence-corrected chi connectivity index (χ3v) is 3.39. The summed E-state index contributed by atoms with van der Waals surface area (Å²) in [4.78, 5) is 5.63. The highest BCUT2D eigenvalue weighted by Crippen LogP contribution is 2.18. The first-order valence-corrected chi connectivity index (χ1v) is 6.42. The van der Waals surface area contributed by atoms with Crippen molar-refractivity contribution in [2.75, 3.05) is 5.75 Å². The minimum atomic E-state index is 1.08. The minimum Gasteiger partial charge on any atom is -0.261 e. The Morgan fingerprint density at radius 3 is 2.56 bits per heavy atom. The normalized spacial score (nSPS) is 10.3. The van der Waals surface area contributed by atoms with Crippen LogP contribution in [0.3, 0.4) is 0 Å². The molecule has 2 aromatic rings. The Morgan fingerprint density at radius 1 is 1.06 bits per heavy atom. The SMILES string of the molecule is Cc1ccc(CCSc2ccccc2)cn1. The topological polar surface area (TPSA) is 12.9 Å². The van der Waals surface area contributed by atoms with Gasteiger partial charge in [0.05, 0.1) is 0 Å². The van der Waals surface area contributed by atoms with Crippen molar-refractivity contribution in [3.05, 3.63) is 59.9 Å². The number of thioether (sulfide) groups is 1. The van der Waals surface area contributed by atoms with Gasteiger partial charge in [0.15, 0.2) is 0 Å². The molecule has 0 unspecified atom stereocenters. The van der Waals surface area contributed by atoms with Crippen molar-refractivity contribution in [2.45, 2.75) is 18.2 Å². The molecule has 0 spiro atoms. The number of hydrogen-bond acceptors (Lipinski definition) is 2. The molecule has 1 heterocycles. The molecule has 0 fully saturated rings. The lowest BCUT2D eigenvalue weighted by atomic mass is 10.2. The van der Waals surface area contributed by atoms with E-state index in [-0.39, 0.29) is 0 Å². The summed E-state index contributed by atoms with van der Waals surface area (Å²) in [5.74, 6) is 1.11. The van der Waals surface area contributed by atoms with E-state index in [1.807, 2.05) is 30.9 Å². The predicted molar refractivity (Wildman–Crippen MR) is 69.8 cm³/mol. The standard InChI is InChI=1S/C14H15NS/c1-12-7-8-13(11-15-12)9-10-16-14-5-3-2-4-6-14/h2-8,11H,9-10H2,1H3. The summed E-state index contributed by atoms with van der Waals surface area (Å²) in [7, 11) is 0. The molecule has 0 N–H and O–H groups in total. The molecule has 0 saturated heterocycles. The van der Waals surface area contributed by atoms with Gasteiger partial charge in [-0.25, -0.2) is 0 Å². The van der Waals surface area contributed by atoms with Crippen LogP contribution in [0.25, 0.3) is 0 Å². The summed E-state index contributed by atoms with van der Waals surface area (Å²) < 4.78 is 0. The van der Waals surface area contributed by atoms with Gasteiger partial charge in [0.2, 0.25) is 0 Å². The summed E-state index contributed by atoms with van der Waals surface area (Å²) in [5.41, 5.74) is 2.40. The maximum Gasteiger partial charge on any atom is 0.0372 e. The zero-order valence-corrected chi connectivity index (χ0v) is 10.2. The molecule has 0 amide bonds. The second-order valence-electron chi connectivity index (χ2n) is 3.72. The Balaban J connectivity index is 1.82. The van der Waals surface area contributed by atoms with E-state index in [1.54, 1.807) is 0 Å². The van der Waals surface area contributed by atoms with Gasteiger partial charge < -0.3 is 0 Å². The van der Waals surface area contributed by atoms with E-state index in [2.05, 4.69) is 41.4 Å². The highest BCUT2D eigenvalue weighted by Gasteiger charge is 1.95. The van der Waals surface area contributed by atoms with Crippen molar-refractivity contribution >= 4 is 11.8 Å². The van der Waals surface area contributed by atoms with Gasteiger partial charge in [-0.2, -0.15) is 0 Å². The van der Waals surface area contributed by atoms with E-state index in [0.29, 0.717) is 0 Å². The number of aryl methyl sites for hydroxylation is 2. The number of benzene rings is 1. The van der Waals surface area contributed by atoms with E-state index in [0.717, 1.165) is 17.9 Å². The fourth-order valence-electron chi connectivity index (χ4n) is 1.45. The molecular formula is C14H15NS. The molecule has 82 valence electrons. The lowest BCUT2D eigenvalue weighted by Crippen LogP contribution is -1.90. The molecule has 2 heteroatoms. The maximum atomic E-state index is 4.30. The number of pyridine rings is 1. The number of rotatable bonds is 4. The molecule has 0 atom stereocenters. The molecule has 0 aliphatic heterocycles. The second kappa shape index (κ2) is 5.71. The smallest absolute Gasteiger partial charge is 0.0372 e. The largest absolute Gasteiger partial charge is 0.261 e. The first-order valence-electron chi connectivity index (χ1n) is 5.44. The van der Waals surface area contributed by atoms with Crippen LogP contribution >= 0.6 is 11.8 Å². The van der Waals surface area contributed by atoms with Crippen LogP contribution in [-0.4, -0.2) is 10.7 Å². The Hall–Kier alpha value is -1.28. The fourth-order valence-corrected chi connectivity index (χ4v) is 2.37. The Bertz CT molecular complexity index is 422. The van der Waals surface area contributed by atoms with Gasteiger partial charge in [-0.05, 0) is 37.1 Å². The fraction of sp³-hybridized carbons (Fsp3) is 0.214. The summed E-state index contributed by atoms with van der Waals surface area (Å²) in [6, 6.07) is 14.7. The van der Waals surface area contributed by atoms with E-state index in [9.17, 15) is 0 Å². The van der Waals surface area contributed by atoms with Gasteiger partial charge in [0, 0.05) is 22.5 Å². The average Bonchev–Trinajstić information content (AvgIpc) is 2.33. The number of hydrogen-bond donors (Lipinski definition) is 0. The molecule has 1 aromatic heterocycles. The molecule has 1 aromatic carbocycles. The second-order valence-corrected chi connectivity index (χ2v) is 4.89. The van der Waals surface area contributed by atoms with Crippen molar-refractivity contribution in [1.82, 2.24) is 4.98 Å². The van der Waals surface area contributed by atoms with Crippen LogP contribution in [-0.2, 0) is 6.42 Å². The van der Waals surface area contributed by atoms with Gasteiger partial charge in [-0.15, -0.1) is 11.8 Å². The average molecular weight is 229 g/mol. The van der Waals surface area contributed by atoms with Gasteiger partial charge in [0.25, 0.3) is 0 Å². The molecular weight excluding hydrogens is 214 g/mol. The minimum absolute atomic E-state index is 1.08. The Labute approximate surface area is 101 Å². The molecule has 16 heavy (non-hydrogen) atoms. The number of nitrogens with zero attached hydrogens (tertiary/aromatic N) is 1. The summed E-state index contributed by atoms with van der Waals surface area (Å²) in [6.45, 7) is 2.02. The zero-order chi connectivity index (χ0) is 11.2. The molecule has 1 nitrogen and oxygen atoms in total. The highest BCUT2D eigenvalue weighted by molar-refractivity contribution is 7.99. The van der Waals surface area contributed by atoms with Crippen LogP contribution in [0.2, 0.25) is 0 Å². The molecule has 0 aliphatic carbocycles. The molecule has 2 rings (SSSR count).